The second-order valence-electron chi connectivity index (χ2n) is 9.52. The molecule has 4 aliphatic rings. The lowest BCUT2D eigenvalue weighted by atomic mass is 9.47. The number of hydrogen-bond acceptors (Lipinski definition) is 5. The number of ether oxygens (including phenoxy) is 1. The lowest BCUT2D eigenvalue weighted by Crippen LogP contribution is -2.64. The van der Waals surface area contributed by atoms with Crippen molar-refractivity contribution in [3.63, 3.8) is 0 Å². The summed E-state index contributed by atoms with van der Waals surface area (Å²) in [5, 5.41) is 3.20. The van der Waals surface area contributed by atoms with Crippen LogP contribution in [-0.2, 0) is 20.9 Å². The molecule has 1 heterocycles. The standard InChI is InChI=1S/C23H27N3O3/c1-14-20(25-19-6-4-3-5-18(19)24-14)12-29-21(28)22-8-16-7-17(9-22)11-23(10-16,13-22)26-15(2)27/h3-6,16-17H,7-13H2,1-2H3,(H,26,27). The number of benzene rings is 1. The summed E-state index contributed by atoms with van der Waals surface area (Å²) in [6.07, 6.45) is 5.62. The van der Waals surface area contributed by atoms with Gasteiger partial charge in [-0.1, -0.05) is 12.1 Å². The summed E-state index contributed by atoms with van der Waals surface area (Å²) in [6.45, 7) is 3.62. The molecule has 1 amide bonds. The number of nitrogens with zero attached hydrogens (tertiary/aromatic N) is 2. The largest absolute Gasteiger partial charge is 0.459 e. The van der Waals surface area contributed by atoms with Gasteiger partial charge in [0.1, 0.15) is 6.61 Å². The van der Waals surface area contributed by atoms with E-state index in [9.17, 15) is 9.59 Å². The first-order chi connectivity index (χ1) is 13.9. The molecule has 6 rings (SSSR count). The first-order valence-corrected chi connectivity index (χ1v) is 10.5. The number of aryl methyl sites for hydroxylation is 1. The zero-order chi connectivity index (χ0) is 20.2. The van der Waals surface area contributed by atoms with Crippen molar-refractivity contribution >= 4 is 22.9 Å². The Labute approximate surface area is 170 Å². The molecule has 2 aromatic rings. The van der Waals surface area contributed by atoms with E-state index in [0.29, 0.717) is 24.0 Å². The highest BCUT2D eigenvalue weighted by Gasteiger charge is 2.61. The van der Waals surface area contributed by atoms with E-state index in [0.717, 1.165) is 42.4 Å². The van der Waals surface area contributed by atoms with Gasteiger partial charge in [0.05, 0.1) is 27.8 Å². The quantitative estimate of drug-likeness (QED) is 0.805. The van der Waals surface area contributed by atoms with Crippen LogP contribution in [0, 0.1) is 24.2 Å². The Morgan fingerprint density at radius 1 is 1.10 bits per heavy atom. The Morgan fingerprint density at radius 3 is 2.41 bits per heavy atom. The lowest BCUT2D eigenvalue weighted by Gasteiger charge is -2.60. The van der Waals surface area contributed by atoms with Gasteiger partial charge in [-0.25, -0.2) is 9.97 Å². The average molecular weight is 393 g/mol. The Hall–Kier alpha value is -2.50. The normalized spacial score (nSPS) is 32.3. The number of aromatic nitrogens is 2. The molecule has 1 aromatic heterocycles. The zero-order valence-electron chi connectivity index (χ0n) is 17.0. The van der Waals surface area contributed by atoms with Crippen molar-refractivity contribution in [1.29, 1.82) is 0 Å². The smallest absolute Gasteiger partial charge is 0.312 e. The number of rotatable bonds is 4. The van der Waals surface area contributed by atoms with Crippen molar-refractivity contribution < 1.29 is 14.3 Å². The molecule has 0 saturated heterocycles. The molecule has 1 aromatic carbocycles. The molecule has 2 unspecified atom stereocenters. The molecule has 6 heteroatoms. The maximum atomic E-state index is 13.3. The maximum absolute atomic E-state index is 13.3. The number of para-hydroxylation sites is 2. The fourth-order valence-corrected chi connectivity index (χ4v) is 6.57. The third kappa shape index (κ3) is 3.18. The van der Waals surface area contributed by atoms with Gasteiger partial charge in [0.25, 0.3) is 0 Å². The van der Waals surface area contributed by atoms with Crippen molar-refractivity contribution in [3.8, 4) is 0 Å². The molecule has 29 heavy (non-hydrogen) atoms. The van der Waals surface area contributed by atoms with Crippen molar-refractivity contribution in [2.45, 2.75) is 64.5 Å². The summed E-state index contributed by atoms with van der Waals surface area (Å²) in [5.41, 5.74) is 2.45. The van der Waals surface area contributed by atoms with E-state index in [1.54, 1.807) is 6.92 Å². The third-order valence-electron chi connectivity index (χ3n) is 7.12. The highest BCUT2D eigenvalue weighted by Crippen LogP contribution is 2.62. The molecule has 4 aliphatic carbocycles. The van der Waals surface area contributed by atoms with Crippen LogP contribution in [0.5, 0.6) is 0 Å². The van der Waals surface area contributed by atoms with E-state index in [-0.39, 0.29) is 24.0 Å². The molecule has 0 spiro atoms. The molecule has 4 bridgehead atoms. The van der Waals surface area contributed by atoms with E-state index in [1.165, 1.54) is 6.42 Å². The number of esters is 1. The predicted octanol–water partition coefficient (Wildman–Crippen LogP) is 3.46. The highest BCUT2D eigenvalue weighted by atomic mass is 16.5. The fraction of sp³-hybridized carbons (Fsp3) is 0.565. The number of fused-ring (bicyclic) bond motifs is 1. The van der Waals surface area contributed by atoms with Crippen LogP contribution in [0.4, 0.5) is 0 Å². The van der Waals surface area contributed by atoms with Gasteiger partial charge < -0.3 is 10.1 Å². The van der Waals surface area contributed by atoms with Crippen molar-refractivity contribution in [2.75, 3.05) is 0 Å². The van der Waals surface area contributed by atoms with Gasteiger partial charge >= 0.3 is 5.97 Å². The fourth-order valence-electron chi connectivity index (χ4n) is 6.57. The summed E-state index contributed by atoms with van der Waals surface area (Å²) >= 11 is 0. The monoisotopic (exact) mass is 393 g/mol. The average Bonchev–Trinajstić information content (AvgIpc) is 2.64. The van der Waals surface area contributed by atoms with Crippen LogP contribution < -0.4 is 5.32 Å². The van der Waals surface area contributed by atoms with Gasteiger partial charge in [-0.05, 0) is 69.4 Å². The summed E-state index contributed by atoms with van der Waals surface area (Å²) in [4.78, 5) is 34.3. The van der Waals surface area contributed by atoms with Crippen LogP contribution >= 0.6 is 0 Å². The molecule has 4 saturated carbocycles. The second-order valence-corrected chi connectivity index (χ2v) is 9.52. The molecule has 6 nitrogen and oxygen atoms in total. The minimum atomic E-state index is -0.468. The first-order valence-electron chi connectivity index (χ1n) is 10.5. The number of hydrogen-bond donors (Lipinski definition) is 1. The molecule has 152 valence electrons. The molecule has 4 fully saturated rings. The van der Waals surface area contributed by atoms with Crippen LogP contribution in [0.15, 0.2) is 24.3 Å². The number of amides is 1. The molecular formula is C23H27N3O3. The van der Waals surface area contributed by atoms with E-state index in [4.69, 9.17) is 4.74 Å². The molecule has 1 N–H and O–H groups in total. The van der Waals surface area contributed by atoms with Crippen LogP contribution in [0.2, 0.25) is 0 Å². The third-order valence-corrected chi connectivity index (χ3v) is 7.12. The first kappa shape index (κ1) is 18.5. The summed E-state index contributed by atoms with van der Waals surface area (Å²) in [7, 11) is 0. The molecular weight excluding hydrogens is 366 g/mol. The summed E-state index contributed by atoms with van der Waals surface area (Å²) in [6, 6.07) is 7.72. The van der Waals surface area contributed by atoms with Gasteiger partial charge in [0.15, 0.2) is 0 Å². The molecule has 0 aliphatic heterocycles. The van der Waals surface area contributed by atoms with Crippen molar-refractivity contribution in [3.05, 3.63) is 35.7 Å². The minimum Gasteiger partial charge on any atom is -0.459 e. The van der Waals surface area contributed by atoms with Crippen molar-refractivity contribution in [2.24, 2.45) is 17.3 Å². The molecule has 2 atom stereocenters. The van der Waals surface area contributed by atoms with Gasteiger partial charge in [-0.15, -0.1) is 0 Å². The summed E-state index contributed by atoms with van der Waals surface area (Å²) in [5.74, 6) is 0.865. The van der Waals surface area contributed by atoms with Gasteiger partial charge in [0.2, 0.25) is 5.91 Å². The van der Waals surface area contributed by atoms with Crippen LogP contribution in [0.3, 0.4) is 0 Å². The Balaban J connectivity index is 1.36. The predicted molar refractivity (Wildman–Crippen MR) is 108 cm³/mol. The SMILES string of the molecule is CC(=O)NC12CC3CC(C1)CC(C(=O)OCc1nc4ccccc4nc1C)(C3)C2. The van der Waals surface area contributed by atoms with Crippen LogP contribution in [0.1, 0.15) is 56.8 Å². The Morgan fingerprint density at radius 2 is 1.76 bits per heavy atom. The molecule has 0 radical (unpaired) electrons. The van der Waals surface area contributed by atoms with E-state index in [2.05, 4.69) is 15.3 Å². The summed E-state index contributed by atoms with van der Waals surface area (Å²) < 4.78 is 5.84. The van der Waals surface area contributed by atoms with E-state index in [1.807, 2.05) is 31.2 Å². The van der Waals surface area contributed by atoms with Crippen LogP contribution in [-0.4, -0.2) is 27.4 Å². The zero-order valence-corrected chi connectivity index (χ0v) is 17.0. The van der Waals surface area contributed by atoms with E-state index >= 15 is 0 Å². The second kappa shape index (κ2) is 6.51. The Kier molecular flexibility index (Phi) is 4.16. The lowest BCUT2D eigenvalue weighted by molar-refractivity contribution is -0.177. The maximum Gasteiger partial charge on any atom is 0.312 e. The number of carbonyl (C=O) groups excluding carboxylic acids is 2. The van der Waals surface area contributed by atoms with Gasteiger partial charge in [0, 0.05) is 12.5 Å². The number of nitrogens with one attached hydrogen (secondary N) is 1. The van der Waals surface area contributed by atoms with Gasteiger partial charge in [-0.2, -0.15) is 0 Å². The van der Waals surface area contributed by atoms with Crippen molar-refractivity contribution in [1.82, 2.24) is 15.3 Å². The minimum absolute atomic E-state index is 0.00229. The number of carbonyl (C=O) groups is 2. The highest BCUT2D eigenvalue weighted by molar-refractivity contribution is 5.79. The van der Waals surface area contributed by atoms with Gasteiger partial charge in [-0.3, -0.25) is 9.59 Å². The van der Waals surface area contributed by atoms with Crippen LogP contribution in [0.25, 0.3) is 11.0 Å². The Bertz CT molecular complexity index is 988. The topological polar surface area (TPSA) is 81.2 Å². The van der Waals surface area contributed by atoms with E-state index < -0.39 is 5.41 Å².